The molecule has 0 saturated heterocycles. The fraction of sp³-hybridized carbons (Fsp3) is 0.296. The topological polar surface area (TPSA) is 177 Å². The highest BCUT2D eigenvalue weighted by molar-refractivity contribution is 7.91. The maximum Gasteiger partial charge on any atom is 0.414 e. The van der Waals surface area contributed by atoms with E-state index < -0.39 is 50.1 Å². The molecule has 40 heavy (non-hydrogen) atoms. The maximum atomic E-state index is 13.1. The number of esters is 1. The molecule has 0 amide bonds. The smallest absolute Gasteiger partial charge is 0.414 e. The fourth-order valence-electron chi connectivity index (χ4n) is 4.35. The molecular formula is C27H26N2O10S. The summed E-state index contributed by atoms with van der Waals surface area (Å²) < 4.78 is 40.9. The molecule has 0 spiro atoms. The van der Waals surface area contributed by atoms with E-state index in [2.05, 4.69) is 9.79 Å². The molecule has 2 unspecified atom stereocenters. The quantitative estimate of drug-likeness (QED) is 0.280. The Bertz CT molecular complexity index is 1610. The average Bonchev–Trinajstić information content (AvgIpc) is 3.30. The first kappa shape index (κ1) is 28.5. The number of carbonyl (C=O) groups excluding carboxylic acids is 3. The second-order valence-corrected chi connectivity index (χ2v) is 11.3. The Kier molecular flexibility index (Phi) is 8.05. The van der Waals surface area contributed by atoms with Gasteiger partial charge >= 0.3 is 16.9 Å². The lowest BCUT2D eigenvalue weighted by Gasteiger charge is -2.23. The number of sulfone groups is 1. The summed E-state index contributed by atoms with van der Waals surface area (Å²) in [5.74, 6) is -3.52. The number of hydrogen-bond acceptors (Lipinski definition) is 11. The Labute approximate surface area is 229 Å². The monoisotopic (exact) mass is 570 g/mol. The number of ether oxygens (including phenoxy) is 2. The van der Waals surface area contributed by atoms with Gasteiger partial charge in [0.05, 0.1) is 35.3 Å². The summed E-state index contributed by atoms with van der Waals surface area (Å²) in [6.45, 7) is 4.48. The van der Waals surface area contributed by atoms with E-state index in [1.165, 1.54) is 49.4 Å². The van der Waals surface area contributed by atoms with Gasteiger partial charge < -0.3 is 19.8 Å². The van der Waals surface area contributed by atoms with Crippen LogP contribution in [0.1, 0.15) is 47.9 Å². The number of nitrogens with zero attached hydrogens (tertiary/aromatic N) is 2. The molecule has 12 nitrogen and oxygen atoms in total. The number of aromatic nitrogens is 2. The molecule has 1 aliphatic rings. The number of phenols is 1. The van der Waals surface area contributed by atoms with Crippen LogP contribution in [0.2, 0.25) is 0 Å². The lowest BCUT2D eigenvalue weighted by atomic mass is 9.78. The summed E-state index contributed by atoms with van der Waals surface area (Å²) in [5, 5.41) is 24.7. The van der Waals surface area contributed by atoms with Crippen molar-refractivity contribution >= 4 is 27.4 Å². The minimum Gasteiger partial charge on any atom is -0.507 e. The normalized spacial score (nSPS) is 15.0. The first-order valence-corrected chi connectivity index (χ1v) is 13.7. The van der Waals surface area contributed by atoms with Crippen LogP contribution in [-0.4, -0.2) is 49.4 Å². The van der Waals surface area contributed by atoms with Crippen molar-refractivity contribution in [1.82, 2.24) is 5.16 Å². The number of Topliss-reactive ketones (excluding diaryl/α,β-unsaturated/α-hetero) is 2. The molecule has 1 N–H and O–H groups in total. The third-order valence-electron chi connectivity index (χ3n) is 6.36. The van der Waals surface area contributed by atoms with Gasteiger partial charge in [0, 0.05) is 22.6 Å². The minimum absolute atomic E-state index is 0.0833. The second-order valence-electron chi connectivity index (χ2n) is 9.46. The van der Waals surface area contributed by atoms with Gasteiger partial charge in [-0.25, -0.2) is 8.42 Å². The van der Waals surface area contributed by atoms with E-state index in [1.807, 2.05) is 0 Å². The van der Waals surface area contributed by atoms with Gasteiger partial charge in [-0.3, -0.25) is 19.0 Å². The third-order valence-corrected chi connectivity index (χ3v) is 8.08. The molecule has 0 fully saturated rings. The molecule has 4 rings (SSSR count). The van der Waals surface area contributed by atoms with Crippen LogP contribution in [-0.2, 0) is 19.4 Å². The number of fused-ring (bicyclic) bond motifs is 1. The first-order chi connectivity index (χ1) is 18.9. The van der Waals surface area contributed by atoms with Crippen LogP contribution in [0.5, 0.6) is 11.6 Å². The Morgan fingerprint density at radius 1 is 1.07 bits per heavy atom. The number of allylic oxidation sites excluding steroid dienone is 2. The maximum absolute atomic E-state index is 13.1. The lowest BCUT2D eigenvalue weighted by Crippen LogP contribution is -2.31. The number of carbonyl (C=O) groups is 3. The Balaban J connectivity index is 1.35. The standard InChI is InChI=1S/C27H26N2O10S/c1-15(14-38-26-27(29(34)39-28-26)40(35,36)18-8-5-4-6-9-18)13-37-21(31)12-16(2)22-17(3)24(32)19-10-7-11-20(30)23(19)25(22)33/h4-11,15-16,30H,12-14H2,1-3H3. The van der Waals surface area contributed by atoms with Crippen LogP contribution < -0.4 is 9.64 Å². The number of aromatic hydroxyl groups is 1. The largest absolute Gasteiger partial charge is 0.507 e. The highest BCUT2D eigenvalue weighted by Crippen LogP contribution is 2.35. The molecule has 0 bridgehead atoms. The third kappa shape index (κ3) is 5.45. The van der Waals surface area contributed by atoms with Crippen molar-refractivity contribution in [2.24, 2.45) is 11.8 Å². The van der Waals surface area contributed by atoms with E-state index in [-0.39, 0.29) is 57.5 Å². The van der Waals surface area contributed by atoms with E-state index in [0.29, 0.717) is 0 Å². The van der Waals surface area contributed by atoms with Crippen LogP contribution >= 0.6 is 0 Å². The van der Waals surface area contributed by atoms with Gasteiger partial charge in [0.15, 0.2) is 11.6 Å². The predicted octanol–water partition coefficient (Wildman–Crippen LogP) is 2.83. The molecule has 2 atom stereocenters. The first-order valence-electron chi connectivity index (χ1n) is 12.2. The van der Waals surface area contributed by atoms with Crippen LogP contribution in [0.4, 0.5) is 0 Å². The highest BCUT2D eigenvalue weighted by Gasteiger charge is 2.37. The van der Waals surface area contributed by atoms with Gasteiger partial charge in [0.25, 0.3) is 9.84 Å². The van der Waals surface area contributed by atoms with Crippen molar-refractivity contribution < 1.29 is 46.9 Å². The van der Waals surface area contributed by atoms with E-state index in [1.54, 1.807) is 19.9 Å². The molecule has 0 radical (unpaired) electrons. The van der Waals surface area contributed by atoms with Crippen molar-refractivity contribution in [3.05, 3.63) is 76.0 Å². The molecule has 1 aliphatic carbocycles. The van der Waals surface area contributed by atoms with Crippen molar-refractivity contribution in [1.29, 1.82) is 0 Å². The number of rotatable bonds is 10. The van der Waals surface area contributed by atoms with Crippen LogP contribution in [0.3, 0.4) is 0 Å². The molecular weight excluding hydrogens is 544 g/mol. The Morgan fingerprint density at radius 2 is 1.77 bits per heavy atom. The van der Waals surface area contributed by atoms with E-state index in [4.69, 9.17) is 9.47 Å². The average molecular weight is 571 g/mol. The van der Waals surface area contributed by atoms with E-state index in [9.17, 15) is 33.1 Å². The molecule has 210 valence electrons. The van der Waals surface area contributed by atoms with Gasteiger partial charge in [-0.1, -0.05) is 44.2 Å². The van der Waals surface area contributed by atoms with Crippen molar-refractivity contribution in [2.45, 2.75) is 37.1 Å². The van der Waals surface area contributed by atoms with Crippen LogP contribution in [0.25, 0.3) is 0 Å². The van der Waals surface area contributed by atoms with Crippen molar-refractivity contribution in [2.75, 3.05) is 13.2 Å². The number of benzene rings is 2. The minimum atomic E-state index is -4.28. The summed E-state index contributed by atoms with van der Waals surface area (Å²) >= 11 is 0. The number of hydrogen-bond donors (Lipinski definition) is 1. The van der Waals surface area contributed by atoms with Crippen LogP contribution in [0, 0.1) is 17.0 Å². The summed E-state index contributed by atoms with van der Waals surface area (Å²) in [6, 6.07) is 11.5. The fourth-order valence-corrected chi connectivity index (χ4v) is 5.64. The SMILES string of the molecule is CC1=C(C(C)CC(=O)OCC(C)COc2no[n+]([O-])c2S(=O)(=O)c2ccccc2)C(=O)c2c(O)cccc2C1=O. The van der Waals surface area contributed by atoms with Crippen molar-refractivity contribution in [3.8, 4) is 11.6 Å². The molecule has 1 heterocycles. The molecule has 0 saturated carbocycles. The second kappa shape index (κ2) is 11.3. The zero-order valence-electron chi connectivity index (χ0n) is 21.8. The summed E-state index contributed by atoms with van der Waals surface area (Å²) in [4.78, 5) is 38.0. The van der Waals surface area contributed by atoms with Crippen molar-refractivity contribution in [3.63, 3.8) is 0 Å². The van der Waals surface area contributed by atoms with E-state index in [0.717, 1.165) is 0 Å². The predicted molar refractivity (Wildman–Crippen MR) is 136 cm³/mol. The van der Waals surface area contributed by atoms with Gasteiger partial charge in [-0.05, 0) is 35.9 Å². The number of phenolic OH excluding ortho intramolecular Hbond substituents is 1. The zero-order chi connectivity index (χ0) is 29.2. The van der Waals surface area contributed by atoms with E-state index >= 15 is 0 Å². The summed E-state index contributed by atoms with van der Waals surface area (Å²) in [5.41, 5.74) is 0.371. The highest BCUT2D eigenvalue weighted by atomic mass is 32.2. The summed E-state index contributed by atoms with van der Waals surface area (Å²) in [7, 11) is -4.28. The molecule has 0 aliphatic heterocycles. The zero-order valence-corrected chi connectivity index (χ0v) is 22.6. The number of ketones is 2. The van der Waals surface area contributed by atoms with Crippen LogP contribution in [0.15, 0.2) is 74.2 Å². The Hall–Kier alpha value is -4.52. The van der Waals surface area contributed by atoms with Gasteiger partial charge in [0.1, 0.15) is 5.75 Å². The van der Waals surface area contributed by atoms with Gasteiger partial charge in [0.2, 0.25) is 0 Å². The molecule has 13 heteroatoms. The summed E-state index contributed by atoms with van der Waals surface area (Å²) in [6.07, 6.45) is -0.207. The Morgan fingerprint density at radius 3 is 2.48 bits per heavy atom. The molecule has 1 aromatic heterocycles. The van der Waals surface area contributed by atoms with Gasteiger partial charge in [-0.2, -0.15) is 0 Å². The molecule has 3 aromatic rings. The lowest BCUT2D eigenvalue weighted by molar-refractivity contribution is -0.832. The van der Waals surface area contributed by atoms with Gasteiger partial charge in [-0.15, -0.1) is 0 Å². The molecule has 2 aromatic carbocycles.